The van der Waals surface area contributed by atoms with Crippen molar-refractivity contribution in [2.24, 2.45) is 5.92 Å². The van der Waals surface area contributed by atoms with Gasteiger partial charge in [-0.25, -0.2) is 0 Å². The summed E-state index contributed by atoms with van der Waals surface area (Å²) in [6.45, 7) is 0.719. The van der Waals surface area contributed by atoms with E-state index in [4.69, 9.17) is 32.7 Å². The summed E-state index contributed by atoms with van der Waals surface area (Å²) in [5.41, 5.74) is 0.935. The van der Waals surface area contributed by atoms with Crippen LogP contribution >= 0.6 is 23.2 Å². The van der Waals surface area contributed by atoms with Crippen molar-refractivity contribution in [1.82, 2.24) is 0 Å². The van der Waals surface area contributed by atoms with Gasteiger partial charge >= 0.3 is 0 Å². The molecular formula is C13H16Cl2O2. The average Bonchev–Trinajstić information content (AvgIpc) is 2.28. The van der Waals surface area contributed by atoms with Gasteiger partial charge in [-0.3, -0.25) is 0 Å². The lowest BCUT2D eigenvalue weighted by Crippen LogP contribution is -2.19. The first-order valence-corrected chi connectivity index (χ1v) is 6.71. The van der Waals surface area contributed by atoms with Gasteiger partial charge < -0.3 is 9.47 Å². The monoisotopic (exact) mass is 274 g/mol. The van der Waals surface area contributed by atoms with Crippen molar-refractivity contribution in [3.8, 4) is 11.5 Å². The van der Waals surface area contributed by atoms with Gasteiger partial charge in [-0.05, 0) is 36.5 Å². The zero-order valence-corrected chi connectivity index (χ0v) is 11.4. The molecular weight excluding hydrogens is 259 g/mol. The number of hydrogen-bond acceptors (Lipinski definition) is 2. The van der Waals surface area contributed by atoms with Crippen molar-refractivity contribution >= 4 is 23.2 Å². The Morgan fingerprint density at radius 3 is 2.65 bits per heavy atom. The first kappa shape index (κ1) is 12.8. The smallest absolute Gasteiger partial charge is 0.179 e. The molecule has 0 atom stereocenters. The summed E-state index contributed by atoms with van der Waals surface area (Å²) in [4.78, 5) is 0. The Bertz CT molecular complexity index is 389. The topological polar surface area (TPSA) is 18.5 Å². The van der Waals surface area contributed by atoms with E-state index in [1.165, 1.54) is 19.3 Å². The minimum Gasteiger partial charge on any atom is -0.493 e. The van der Waals surface area contributed by atoms with Crippen LogP contribution in [-0.4, -0.2) is 13.7 Å². The Morgan fingerprint density at radius 2 is 2.12 bits per heavy atom. The van der Waals surface area contributed by atoms with Crippen LogP contribution in [0.3, 0.4) is 0 Å². The molecule has 0 aliphatic heterocycles. The second-order valence-electron chi connectivity index (χ2n) is 4.35. The van der Waals surface area contributed by atoms with E-state index in [0.717, 1.165) is 12.2 Å². The van der Waals surface area contributed by atoms with Crippen LogP contribution in [0.5, 0.6) is 11.5 Å². The van der Waals surface area contributed by atoms with Crippen molar-refractivity contribution in [2.45, 2.75) is 25.1 Å². The van der Waals surface area contributed by atoms with Gasteiger partial charge in [-0.2, -0.15) is 0 Å². The van der Waals surface area contributed by atoms with Gasteiger partial charge in [0.1, 0.15) is 0 Å². The fourth-order valence-electron chi connectivity index (χ4n) is 1.85. The second-order valence-corrected chi connectivity index (χ2v) is 5.03. The van der Waals surface area contributed by atoms with E-state index in [2.05, 4.69) is 0 Å². The molecule has 1 aliphatic carbocycles. The largest absolute Gasteiger partial charge is 0.493 e. The molecule has 0 amide bonds. The van der Waals surface area contributed by atoms with Crippen LogP contribution < -0.4 is 9.47 Å². The molecule has 94 valence electrons. The number of methoxy groups -OCH3 is 1. The maximum Gasteiger partial charge on any atom is 0.179 e. The Hall–Kier alpha value is -0.600. The van der Waals surface area contributed by atoms with E-state index in [1.54, 1.807) is 7.11 Å². The number of halogens is 2. The molecule has 0 spiro atoms. The molecule has 1 aromatic carbocycles. The minimum atomic E-state index is 0.416. The van der Waals surface area contributed by atoms with Crippen molar-refractivity contribution in [1.29, 1.82) is 0 Å². The van der Waals surface area contributed by atoms with Crippen LogP contribution in [0.25, 0.3) is 0 Å². The van der Waals surface area contributed by atoms with Gasteiger partial charge in [-0.1, -0.05) is 18.0 Å². The van der Waals surface area contributed by atoms with Gasteiger partial charge in [0, 0.05) is 5.88 Å². The van der Waals surface area contributed by atoms with E-state index >= 15 is 0 Å². The molecule has 0 bridgehead atoms. The summed E-state index contributed by atoms with van der Waals surface area (Å²) >= 11 is 12.0. The third-order valence-corrected chi connectivity index (χ3v) is 3.72. The van der Waals surface area contributed by atoms with E-state index in [-0.39, 0.29) is 0 Å². The third kappa shape index (κ3) is 2.99. The van der Waals surface area contributed by atoms with Crippen LogP contribution in [0.15, 0.2) is 12.1 Å². The number of ether oxygens (including phenoxy) is 2. The van der Waals surface area contributed by atoms with Crippen molar-refractivity contribution in [3.05, 3.63) is 22.7 Å². The Kier molecular flexibility index (Phi) is 4.41. The molecule has 4 heteroatoms. The summed E-state index contributed by atoms with van der Waals surface area (Å²) in [7, 11) is 1.61. The maximum atomic E-state index is 6.17. The van der Waals surface area contributed by atoms with Crippen LogP contribution in [0.1, 0.15) is 24.8 Å². The number of rotatable bonds is 5. The number of alkyl halides is 1. The van der Waals surface area contributed by atoms with Gasteiger partial charge in [0.25, 0.3) is 0 Å². The lowest BCUT2D eigenvalue weighted by atomic mass is 9.86. The number of benzene rings is 1. The highest BCUT2D eigenvalue weighted by Crippen LogP contribution is 2.38. The highest BCUT2D eigenvalue weighted by Gasteiger charge is 2.20. The predicted octanol–water partition coefficient (Wildman–Crippen LogP) is 4.27. The zero-order chi connectivity index (χ0) is 12.3. The third-order valence-electron chi connectivity index (χ3n) is 3.13. The highest BCUT2D eigenvalue weighted by atomic mass is 35.5. The van der Waals surface area contributed by atoms with Crippen LogP contribution in [0.4, 0.5) is 0 Å². The normalized spacial score (nSPS) is 15.5. The summed E-state index contributed by atoms with van der Waals surface area (Å²) in [6, 6.07) is 3.70. The summed E-state index contributed by atoms with van der Waals surface area (Å²) in [6.07, 6.45) is 3.81. The van der Waals surface area contributed by atoms with E-state index in [1.807, 2.05) is 12.1 Å². The Balaban J connectivity index is 2.12. The summed E-state index contributed by atoms with van der Waals surface area (Å²) < 4.78 is 11.0. The molecule has 1 saturated carbocycles. The molecule has 0 radical (unpaired) electrons. The summed E-state index contributed by atoms with van der Waals surface area (Å²) in [5, 5.41) is 0.569. The van der Waals surface area contributed by atoms with Gasteiger partial charge in [-0.15, -0.1) is 11.6 Å². The molecule has 0 heterocycles. The second kappa shape index (κ2) is 5.83. The maximum absolute atomic E-state index is 6.17. The van der Waals surface area contributed by atoms with Crippen molar-refractivity contribution in [3.63, 3.8) is 0 Å². The fraction of sp³-hybridized carbons (Fsp3) is 0.538. The predicted molar refractivity (Wildman–Crippen MR) is 70.4 cm³/mol. The van der Waals surface area contributed by atoms with Crippen LogP contribution in [0.2, 0.25) is 5.02 Å². The molecule has 1 aliphatic rings. The van der Waals surface area contributed by atoms with E-state index < -0.39 is 0 Å². The van der Waals surface area contributed by atoms with Gasteiger partial charge in [0.15, 0.2) is 11.5 Å². The van der Waals surface area contributed by atoms with Crippen LogP contribution in [-0.2, 0) is 5.88 Å². The molecule has 1 fully saturated rings. The van der Waals surface area contributed by atoms with Gasteiger partial charge in [0.2, 0.25) is 0 Å². The lowest BCUT2D eigenvalue weighted by molar-refractivity contribution is 0.176. The van der Waals surface area contributed by atoms with E-state index in [0.29, 0.717) is 28.3 Å². The molecule has 0 saturated heterocycles. The molecule has 0 aromatic heterocycles. The SMILES string of the molecule is COc1cc(CCl)cc(Cl)c1OCC1CCC1. The quantitative estimate of drug-likeness (QED) is 0.747. The fourth-order valence-corrected chi connectivity index (χ4v) is 2.29. The first-order valence-electron chi connectivity index (χ1n) is 5.79. The Labute approximate surface area is 112 Å². The van der Waals surface area contributed by atoms with Crippen LogP contribution in [0, 0.1) is 5.92 Å². The van der Waals surface area contributed by atoms with Crippen molar-refractivity contribution < 1.29 is 9.47 Å². The highest BCUT2D eigenvalue weighted by molar-refractivity contribution is 6.32. The lowest BCUT2D eigenvalue weighted by Gasteiger charge is -2.25. The summed E-state index contributed by atoms with van der Waals surface area (Å²) in [5.74, 6) is 2.38. The Morgan fingerprint density at radius 1 is 1.35 bits per heavy atom. The number of hydrogen-bond donors (Lipinski definition) is 0. The van der Waals surface area contributed by atoms with E-state index in [9.17, 15) is 0 Å². The molecule has 17 heavy (non-hydrogen) atoms. The molecule has 0 N–H and O–H groups in total. The first-order chi connectivity index (χ1) is 8.24. The minimum absolute atomic E-state index is 0.416. The molecule has 1 aromatic rings. The zero-order valence-electron chi connectivity index (χ0n) is 9.84. The molecule has 2 nitrogen and oxygen atoms in total. The molecule has 0 unspecified atom stereocenters. The standard InChI is InChI=1S/C13H16Cl2O2/c1-16-12-6-10(7-14)5-11(15)13(12)17-8-9-3-2-4-9/h5-6,9H,2-4,7-8H2,1H3. The van der Waals surface area contributed by atoms with Gasteiger partial charge in [0.05, 0.1) is 18.7 Å². The average molecular weight is 275 g/mol. The van der Waals surface area contributed by atoms with Crippen molar-refractivity contribution in [2.75, 3.05) is 13.7 Å². The molecule has 2 rings (SSSR count).